The monoisotopic (exact) mass is 225 g/mol. The Morgan fingerprint density at radius 1 is 1.00 bits per heavy atom. The fourth-order valence-electron chi connectivity index (χ4n) is 1.85. The van der Waals surface area contributed by atoms with Crippen LogP contribution in [0.1, 0.15) is 17.2 Å². The summed E-state index contributed by atoms with van der Waals surface area (Å²) in [7, 11) is 0. The molecule has 0 heterocycles. The molecule has 0 saturated heterocycles. The Bertz CT molecular complexity index is 493. The van der Waals surface area contributed by atoms with Crippen molar-refractivity contribution in [2.75, 3.05) is 0 Å². The van der Waals surface area contributed by atoms with E-state index in [1.54, 1.807) is 18.3 Å². The molecule has 0 spiro atoms. The molecule has 2 nitrogen and oxygen atoms in total. The summed E-state index contributed by atoms with van der Waals surface area (Å²) in [5, 5.41) is 12.7. The lowest BCUT2D eigenvalue weighted by molar-refractivity contribution is 0.473. The van der Waals surface area contributed by atoms with Crippen molar-refractivity contribution >= 4 is 0 Å². The van der Waals surface area contributed by atoms with E-state index in [1.165, 1.54) is 0 Å². The van der Waals surface area contributed by atoms with Gasteiger partial charge in [0.2, 0.25) is 0 Å². The summed E-state index contributed by atoms with van der Waals surface area (Å²) in [5.74, 6) is 0.272. The minimum Gasteiger partial charge on any atom is -0.508 e. The van der Waals surface area contributed by atoms with Gasteiger partial charge in [0.1, 0.15) is 5.75 Å². The maximum atomic E-state index is 9.52. The van der Waals surface area contributed by atoms with Crippen LogP contribution < -0.4 is 5.32 Å². The van der Waals surface area contributed by atoms with E-state index in [9.17, 15) is 5.11 Å². The average Bonchev–Trinajstić information content (AvgIpc) is 2.37. The van der Waals surface area contributed by atoms with Gasteiger partial charge in [-0.2, -0.15) is 0 Å². The molecule has 0 saturated carbocycles. The number of aromatic hydroxyl groups is 1. The molecule has 2 N–H and O–H groups in total. The van der Waals surface area contributed by atoms with Gasteiger partial charge in [-0.1, -0.05) is 49.0 Å². The summed E-state index contributed by atoms with van der Waals surface area (Å²) in [4.78, 5) is 0. The molecule has 0 aliphatic rings. The highest BCUT2D eigenvalue weighted by Gasteiger charge is 2.11. The van der Waals surface area contributed by atoms with Gasteiger partial charge in [-0.15, -0.1) is 0 Å². The quantitative estimate of drug-likeness (QED) is 0.837. The highest BCUT2D eigenvalue weighted by molar-refractivity contribution is 5.36. The van der Waals surface area contributed by atoms with Crippen LogP contribution in [0.2, 0.25) is 0 Å². The molecule has 2 heteroatoms. The molecule has 0 bridgehead atoms. The van der Waals surface area contributed by atoms with Gasteiger partial charge in [0.05, 0.1) is 6.04 Å². The maximum absolute atomic E-state index is 9.52. The molecule has 2 aromatic rings. The maximum Gasteiger partial charge on any atom is 0.115 e. The standard InChI is InChI=1S/C15H15NO/c1-2-16-15(12-7-4-3-5-8-12)13-9-6-10-14(17)11-13/h2-11,15-17H,1H2. The van der Waals surface area contributed by atoms with E-state index >= 15 is 0 Å². The Labute approximate surface area is 101 Å². The molecular weight excluding hydrogens is 210 g/mol. The van der Waals surface area contributed by atoms with Crippen LogP contribution in [0, 0.1) is 0 Å². The Morgan fingerprint density at radius 3 is 2.35 bits per heavy atom. The molecule has 2 rings (SSSR count). The molecule has 1 atom stereocenters. The van der Waals surface area contributed by atoms with Crippen molar-refractivity contribution in [1.29, 1.82) is 0 Å². The van der Waals surface area contributed by atoms with Crippen LogP contribution in [0.5, 0.6) is 5.75 Å². The highest BCUT2D eigenvalue weighted by atomic mass is 16.3. The molecule has 86 valence electrons. The lowest BCUT2D eigenvalue weighted by Crippen LogP contribution is -2.16. The van der Waals surface area contributed by atoms with Crippen molar-refractivity contribution in [2.24, 2.45) is 0 Å². The van der Waals surface area contributed by atoms with Crippen LogP contribution >= 0.6 is 0 Å². The van der Waals surface area contributed by atoms with Crippen molar-refractivity contribution in [2.45, 2.75) is 6.04 Å². The van der Waals surface area contributed by atoms with E-state index in [4.69, 9.17) is 0 Å². The van der Waals surface area contributed by atoms with Gasteiger partial charge in [0, 0.05) is 0 Å². The number of hydrogen-bond acceptors (Lipinski definition) is 2. The topological polar surface area (TPSA) is 32.3 Å². The molecule has 2 aromatic carbocycles. The van der Waals surface area contributed by atoms with Crippen LogP contribution in [-0.2, 0) is 0 Å². The van der Waals surface area contributed by atoms with Crippen LogP contribution in [0.25, 0.3) is 0 Å². The van der Waals surface area contributed by atoms with Gasteiger partial charge >= 0.3 is 0 Å². The predicted molar refractivity (Wildman–Crippen MR) is 69.7 cm³/mol. The molecule has 1 unspecified atom stereocenters. The fraction of sp³-hybridized carbons (Fsp3) is 0.0667. The van der Waals surface area contributed by atoms with E-state index in [0.29, 0.717) is 0 Å². The summed E-state index contributed by atoms with van der Waals surface area (Å²) in [6.07, 6.45) is 1.67. The average molecular weight is 225 g/mol. The first-order valence-electron chi connectivity index (χ1n) is 5.52. The number of benzene rings is 2. The Balaban J connectivity index is 2.39. The van der Waals surface area contributed by atoms with Crippen LogP contribution in [-0.4, -0.2) is 5.11 Å². The van der Waals surface area contributed by atoms with Gasteiger partial charge in [0.25, 0.3) is 0 Å². The summed E-state index contributed by atoms with van der Waals surface area (Å²) in [6, 6.07) is 17.3. The second kappa shape index (κ2) is 5.21. The third-order valence-electron chi connectivity index (χ3n) is 2.62. The summed E-state index contributed by atoms with van der Waals surface area (Å²) in [6.45, 7) is 3.70. The lowest BCUT2D eigenvalue weighted by Gasteiger charge is -2.18. The second-order valence-corrected chi connectivity index (χ2v) is 3.81. The summed E-state index contributed by atoms with van der Waals surface area (Å²) in [5.41, 5.74) is 2.15. The van der Waals surface area contributed by atoms with Gasteiger partial charge in [-0.25, -0.2) is 0 Å². The van der Waals surface area contributed by atoms with E-state index in [-0.39, 0.29) is 11.8 Å². The van der Waals surface area contributed by atoms with Crippen molar-refractivity contribution in [3.63, 3.8) is 0 Å². The zero-order chi connectivity index (χ0) is 12.1. The van der Waals surface area contributed by atoms with Crippen molar-refractivity contribution in [1.82, 2.24) is 5.32 Å². The predicted octanol–water partition coefficient (Wildman–Crippen LogP) is 3.21. The lowest BCUT2D eigenvalue weighted by atomic mass is 9.99. The second-order valence-electron chi connectivity index (χ2n) is 3.81. The largest absolute Gasteiger partial charge is 0.508 e. The number of phenolic OH excluding ortho intramolecular Hbond substituents is 1. The first-order chi connectivity index (χ1) is 8.31. The third-order valence-corrected chi connectivity index (χ3v) is 2.62. The number of phenols is 1. The van der Waals surface area contributed by atoms with Crippen LogP contribution in [0.4, 0.5) is 0 Å². The molecule has 0 fully saturated rings. The summed E-state index contributed by atoms with van der Waals surface area (Å²) >= 11 is 0. The zero-order valence-electron chi connectivity index (χ0n) is 9.51. The van der Waals surface area contributed by atoms with E-state index in [2.05, 4.69) is 11.9 Å². The van der Waals surface area contributed by atoms with Crippen LogP contribution in [0.15, 0.2) is 67.4 Å². The smallest absolute Gasteiger partial charge is 0.115 e. The van der Waals surface area contributed by atoms with Gasteiger partial charge in [-0.3, -0.25) is 0 Å². The normalized spacial score (nSPS) is 11.8. The molecular formula is C15H15NO. The Kier molecular flexibility index (Phi) is 3.46. The molecule has 0 aliphatic heterocycles. The van der Waals surface area contributed by atoms with Gasteiger partial charge in [-0.05, 0) is 29.5 Å². The molecule has 0 aliphatic carbocycles. The first-order valence-corrected chi connectivity index (χ1v) is 5.52. The Hall–Kier alpha value is -2.22. The zero-order valence-corrected chi connectivity index (χ0v) is 9.51. The highest BCUT2D eigenvalue weighted by Crippen LogP contribution is 2.24. The van der Waals surface area contributed by atoms with Crippen molar-refractivity contribution in [3.05, 3.63) is 78.5 Å². The molecule has 0 aromatic heterocycles. The third kappa shape index (κ3) is 2.67. The minimum atomic E-state index is 0.0146. The number of rotatable bonds is 4. The molecule has 0 radical (unpaired) electrons. The van der Waals surface area contributed by atoms with Gasteiger partial charge < -0.3 is 10.4 Å². The van der Waals surface area contributed by atoms with E-state index < -0.39 is 0 Å². The van der Waals surface area contributed by atoms with E-state index in [1.807, 2.05) is 42.5 Å². The van der Waals surface area contributed by atoms with Gasteiger partial charge in [0.15, 0.2) is 0 Å². The van der Waals surface area contributed by atoms with Crippen molar-refractivity contribution < 1.29 is 5.11 Å². The number of nitrogens with one attached hydrogen (secondary N) is 1. The summed E-state index contributed by atoms with van der Waals surface area (Å²) < 4.78 is 0. The fourth-order valence-corrected chi connectivity index (χ4v) is 1.85. The number of hydrogen-bond donors (Lipinski definition) is 2. The van der Waals surface area contributed by atoms with Crippen LogP contribution in [0.3, 0.4) is 0 Å². The SMILES string of the molecule is C=CNC(c1ccccc1)c1cccc(O)c1. The molecule has 17 heavy (non-hydrogen) atoms. The first kappa shape index (κ1) is 11.3. The minimum absolute atomic E-state index is 0.0146. The van der Waals surface area contributed by atoms with E-state index in [0.717, 1.165) is 11.1 Å². The van der Waals surface area contributed by atoms with Crippen molar-refractivity contribution in [3.8, 4) is 5.75 Å². The molecule has 0 amide bonds. The Morgan fingerprint density at radius 2 is 1.71 bits per heavy atom.